The maximum absolute atomic E-state index is 5.57. The zero-order chi connectivity index (χ0) is 10.9. The van der Waals surface area contributed by atoms with Crippen LogP contribution in [0.2, 0.25) is 0 Å². The van der Waals surface area contributed by atoms with Crippen molar-refractivity contribution in [2.75, 3.05) is 23.7 Å². The Bertz CT molecular complexity index is 335. The Morgan fingerprint density at radius 3 is 3.00 bits per heavy atom. The average molecular weight is 243 g/mol. The summed E-state index contributed by atoms with van der Waals surface area (Å²) in [6.45, 7) is 7.31. The lowest BCUT2D eigenvalue weighted by molar-refractivity contribution is 0.646. The maximum atomic E-state index is 5.57. The van der Waals surface area contributed by atoms with Crippen molar-refractivity contribution in [2.45, 2.75) is 25.1 Å². The second-order valence-electron chi connectivity index (χ2n) is 4.36. The van der Waals surface area contributed by atoms with Gasteiger partial charge in [-0.15, -0.1) is 11.3 Å². The number of anilines is 1. The number of nitrogens with zero attached hydrogens (tertiary/aromatic N) is 2. The molecule has 0 amide bonds. The van der Waals surface area contributed by atoms with Crippen LogP contribution in [0.1, 0.15) is 19.5 Å². The van der Waals surface area contributed by atoms with Gasteiger partial charge in [-0.3, -0.25) is 0 Å². The molecule has 0 aliphatic carbocycles. The summed E-state index contributed by atoms with van der Waals surface area (Å²) in [5.74, 6) is 1.19. The molecular weight excluding hydrogens is 226 g/mol. The lowest BCUT2D eigenvalue weighted by atomic mass is 10.2. The summed E-state index contributed by atoms with van der Waals surface area (Å²) >= 11 is 3.75. The number of hydrogen-bond donors (Lipinski definition) is 1. The standard InChI is InChI=1S/C10H17N3S2/c1-10(2)7-13(3-4-15-10)9-12-8(5-11)6-14-9/h6H,3-5,7,11H2,1-2H3. The van der Waals surface area contributed by atoms with Crippen molar-refractivity contribution >= 4 is 28.2 Å². The van der Waals surface area contributed by atoms with E-state index in [1.54, 1.807) is 11.3 Å². The van der Waals surface area contributed by atoms with Gasteiger partial charge in [0.1, 0.15) is 0 Å². The predicted molar refractivity (Wildman–Crippen MR) is 68.8 cm³/mol. The lowest BCUT2D eigenvalue weighted by Gasteiger charge is -2.37. The van der Waals surface area contributed by atoms with Crippen LogP contribution in [0.5, 0.6) is 0 Å². The smallest absolute Gasteiger partial charge is 0.185 e. The van der Waals surface area contributed by atoms with Crippen molar-refractivity contribution in [2.24, 2.45) is 5.73 Å². The normalized spacial score (nSPS) is 20.6. The van der Waals surface area contributed by atoms with E-state index in [4.69, 9.17) is 5.73 Å². The first kappa shape index (κ1) is 11.2. The van der Waals surface area contributed by atoms with Gasteiger partial charge in [-0.25, -0.2) is 4.98 Å². The van der Waals surface area contributed by atoms with Gasteiger partial charge in [0.05, 0.1) is 5.69 Å². The van der Waals surface area contributed by atoms with Gasteiger partial charge in [-0.2, -0.15) is 11.8 Å². The molecule has 84 valence electrons. The van der Waals surface area contributed by atoms with Crippen LogP contribution in [-0.4, -0.2) is 28.6 Å². The van der Waals surface area contributed by atoms with E-state index in [2.05, 4.69) is 29.1 Å². The fourth-order valence-corrected chi connectivity index (χ4v) is 3.69. The number of hydrogen-bond acceptors (Lipinski definition) is 5. The number of thioether (sulfide) groups is 1. The highest BCUT2D eigenvalue weighted by Gasteiger charge is 2.28. The van der Waals surface area contributed by atoms with Gasteiger partial charge < -0.3 is 10.6 Å². The fraction of sp³-hybridized carbons (Fsp3) is 0.700. The predicted octanol–water partition coefficient (Wildman–Crippen LogP) is 1.93. The Hall–Kier alpha value is -0.260. The van der Waals surface area contributed by atoms with Gasteiger partial charge in [0, 0.05) is 35.5 Å². The molecule has 0 bridgehead atoms. The topological polar surface area (TPSA) is 42.2 Å². The molecule has 1 aliphatic heterocycles. The minimum atomic E-state index is 0.340. The molecule has 3 nitrogen and oxygen atoms in total. The summed E-state index contributed by atoms with van der Waals surface area (Å²) in [4.78, 5) is 6.90. The quantitative estimate of drug-likeness (QED) is 0.862. The largest absolute Gasteiger partial charge is 0.346 e. The van der Waals surface area contributed by atoms with Gasteiger partial charge in [0.25, 0.3) is 0 Å². The highest BCUT2D eigenvalue weighted by Crippen LogP contribution is 2.33. The molecule has 0 aromatic carbocycles. The first-order valence-corrected chi connectivity index (χ1v) is 7.01. The third-order valence-electron chi connectivity index (χ3n) is 2.44. The van der Waals surface area contributed by atoms with E-state index in [1.807, 2.05) is 11.8 Å². The van der Waals surface area contributed by atoms with Gasteiger partial charge in [-0.05, 0) is 13.8 Å². The molecule has 1 saturated heterocycles. The Balaban J connectivity index is 2.10. The van der Waals surface area contributed by atoms with E-state index in [0.717, 1.165) is 23.9 Å². The first-order valence-electron chi connectivity index (χ1n) is 5.14. The highest BCUT2D eigenvalue weighted by molar-refractivity contribution is 8.00. The fourth-order valence-electron chi connectivity index (χ4n) is 1.72. The average Bonchev–Trinajstić information content (AvgIpc) is 2.64. The monoisotopic (exact) mass is 243 g/mol. The van der Waals surface area contributed by atoms with Gasteiger partial charge in [0.2, 0.25) is 0 Å². The van der Waals surface area contributed by atoms with Crippen molar-refractivity contribution in [3.8, 4) is 0 Å². The number of aromatic nitrogens is 1. The summed E-state index contributed by atoms with van der Waals surface area (Å²) in [6.07, 6.45) is 0. The Morgan fingerprint density at radius 1 is 1.60 bits per heavy atom. The molecule has 1 fully saturated rings. The molecule has 0 atom stereocenters. The SMILES string of the molecule is CC1(C)CN(c2nc(CN)cs2)CCS1. The van der Waals surface area contributed by atoms with Crippen molar-refractivity contribution in [3.63, 3.8) is 0 Å². The molecular formula is C10H17N3S2. The number of rotatable bonds is 2. The molecule has 1 aromatic heterocycles. The summed E-state index contributed by atoms with van der Waals surface area (Å²) in [5.41, 5.74) is 6.57. The Morgan fingerprint density at radius 2 is 2.40 bits per heavy atom. The van der Waals surface area contributed by atoms with E-state index in [1.165, 1.54) is 5.75 Å². The summed E-state index contributed by atoms with van der Waals surface area (Å²) in [5, 5.41) is 3.19. The molecule has 0 unspecified atom stereocenters. The van der Waals surface area contributed by atoms with Crippen LogP contribution in [-0.2, 0) is 6.54 Å². The summed E-state index contributed by atoms with van der Waals surface area (Å²) in [7, 11) is 0. The second-order valence-corrected chi connectivity index (χ2v) is 6.99. The third kappa shape index (κ3) is 2.65. The van der Waals surface area contributed by atoms with Crippen LogP contribution in [0.3, 0.4) is 0 Å². The zero-order valence-corrected chi connectivity index (χ0v) is 10.8. The summed E-state index contributed by atoms with van der Waals surface area (Å²) < 4.78 is 0.340. The second kappa shape index (κ2) is 4.31. The van der Waals surface area contributed by atoms with Crippen LogP contribution in [0.4, 0.5) is 5.13 Å². The van der Waals surface area contributed by atoms with Crippen molar-refractivity contribution in [3.05, 3.63) is 11.1 Å². The Kier molecular flexibility index (Phi) is 3.23. The lowest BCUT2D eigenvalue weighted by Crippen LogP contribution is -2.43. The summed E-state index contributed by atoms with van der Waals surface area (Å²) in [6, 6.07) is 0. The molecule has 2 N–H and O–H groups in total. The minimum Gasteiger partial charge on any atom is -0.346 e. The number of thiazole rings is 1. The van der Waals surface area contributed by atoms with Crippen LogP contribution >= 0.6 is 23.1 Å². The molecule has 1 aliphatic rings. The van der Waals surface area contributed by atoms with Crippen LogP contribution in [0.25, 0.3) is 0 Å². The van der Waals surface area contributed by atoms with Crippen LogP contribution < -0.4 is 10.6 Å². The first-order chi connectivity index (χ1) is 7.11. The van der Waals surface area contributed by atoms with E-state index in [0.29, 0.717) is 11.3 Å². The van der Waals surface area contributed by atoms with E-state index in [9.17, 15) is 0 Å². The van der Waals surface area contributed by atoms with E-state index in [-0.39, 0.29) is 0 Å². The molecule has 5 heteroatoms. The van der Waals surface area contributed by atoms with Crippen LogP contribution in [0.15, 0.2) is 5.38 Å². The van der Waals surface area contributed by atoms with Gasteiger partial charge >= 0.3 is 0 Å². The third-order valence-corrected chi connectivity index (χ3v) is 4.69. The molecule has 15 heavy (non-hydrogen) atoms. The van der Waals surface area contributed by atoms with Gasteiger partial charge in [0.15, 0.2) is 5.13 Å². The van der Waals surface area contributed by atoms with Crippen molar-refractivity contribution in [1.29, 1.82) is 0 Å². The molecule has 0 saturated carbocycles. The van der Waals surface area contributed by atoms with Crippen LogP contribution in [0, 0.1) is 0 Å². The molecule has 2 heterocycles. The van der Waals surface area contributed by atoms with Crippen molar-refractivity contribution in [1.82, 2.24) is 4.98 Å². The molecule has 0 radical (unpaired) electrons. The highest BCUT2D eigenvalue weighted by atomic mass is 32.2. The van der Waals surface area contributed by atoms with E-state index >= 15 is 0 Å². The maximum Gasteiger partial charge on any atom is 0.185 e. The number of nitrogens with two attached hydrogens (primary N) is 1. The minimum absolute atomic E-state index is 0.340. The van der Waals surface area contributed by atoms with Gasteiger partial charge in [-0.1, -0.05) is 0 Å². The van der Waals surface area contributed by atoms with Crippen molar-refractivity contribution < 1.29 is 0 Å². The Labute approximate surface area is 99.1 Å². The zero-order valence-electron chi connectivity index (χ0n) is 9.19. The molecule has 2 rings (SSSR count). The van der Waals surface area contributed by atoms with E-state index < -0.39 is 0 Å². The molecule has 0 spiro atoms. The molecule has 1 aromatic rings.